The van der Waals surface area contributed by atoms with Crippen molar-refractivity contribution in [3.8, 4) is 11.5 Å². The van der Waals surface area contributed by atoms with Gasteiger partial charge in [0.1, 0.15) is 24.2 Å². The molecule has 1 unspecified atom stereocenters. The van der Waals surface area contributed by atoms with Gasteiger partial charge in [0.25, 0.3) is 0 Å². The molecule has 194 valence electrons. The maximum atomic E-state index is 13.2. The second kappa shape index (κ2) is 11.4. The smallest absolute Gasteiger partial charge is 0.208 e. The third kappa shape index (κ3) is 7.52. The number of ketones is 1. The number of aliphatic hydroxyl groups excluding tert-OH is 1. The highest BCUT2D eigenvalue weighted by Gasteiger charge is 2.31. The molecule has 1 heterocycles. The van der Waals surface area contributed by atoms with Crippen molar-refractivity contribution in [3.63, 3.8) is 0 Å². The van der Waals surface area contributed by atoms with Gasteiger partial charge in [-0.1, -0.05) is 26.8 Å². The molecule has 0 radical (unpaired) electrons. The van der Waals surface area contributed by atoms with Crippen LogP contribution in [0.15, 0.2) is 18.2 Å². The molecule has 0 saturated heterocycles. The summed E-state index contributed by atoms with van der Waals surface area (Å²) in [6.45, 7) is 6.59. The van der Waals surface area contributed by atoms with Crippen molar-refractivity contribution in [2.75, 3.05) is 26.5 Å². The lowest BCUT2D eigenvalue weighted by molar-refractivity contribution is 0.0985. The van der Waals surface area contributed by atoms with E-state index in [9.17, 15) is 18.3 Å². The van der Waals surface area contributed by atoms with Crippen molar-refractivity contribution in [2.45, 2.75) is 65.4 Å². The van der Waals surface area contributed by atoms with Crippen molar-refractivity contribution >= 4 is 27.1 Å². The van der Waals surface area contributed by atoms with E-state index in [1.54, 1.807) is 30.6 Å². The molecule has 1 aliphatic rings. The average molecular weight is 524 g/mol. The third-order valence-electron chi connectivity index (χ3n) is 6.39. The number of Topliss-reactive ketones (excluding diaryl/α,β-unsaturated/α-hetero) is 1. The van der Waals surface area contributed by atoms with E-state index in [4.69, 9.17) is 9.47 Å². The Balaban J connectivity index is 1.63. The highest BCUT2D eigenvalue weighted by molar-refractivity contribution is 7.88. The Bertz CT molecular complexity index is 1150. The topological polar surface area (TPSA) is 102 Å². The van der Waals surface area contributed by atoms with E-state index in [0.29, 0.717) is 24.3 Å². The van der Waals surface area contributed by atoms with E-state index in [1.807, 2.05) is 6.07 Å². The maximum Gasteiger partial charge on any atom is 0.208 e. The predicted octanol–water partition coefficient (Wildman–Crippen LogP) is 3.94. The quantitative estimate of drug-likeness (QED) is 0.409. The molecule has 1 aromatic heterocycles. The number of carbonyl (C=O) groups excluding carboxylic acids is 1. The molecule has 1 aliphatic carbocycles. The molecule has 0 bridgehead atoms. The summed E-state index contributed by atoms with van der Waals surface area (Å²) >= 11 is 1.68. The van der Waals surface area contributed by atoms with Gasteiger partial charge in [0.05, 0.1) is 18.2 Å². The zero-order chi connectivity index (χ0) is 25.8. The van der Waals surface area contributed by atoms with Gasteiger partial charge in [0, 0.05) is 23.9 Å². The number of methoxy groups -OCH3 is 1. The zero-order valence-corrected chi connectivity index (χ0v) is 22.9. The van der Waals surface area contributed by atoms with E-state index in [-0.39, 0.29) is 24.3 Å². The lowest BCUT2D eigenvalue weighted by Gasteiger charge is -2.30. The van der Waals surface area contributed by atoms with Crippen molar-refractivity contribution in [3.05, 3.63) is 44.6 Å². The fourth-order valence-electron chi connectivity index (χ4n) is 4.44. The Labute approximate surface area is 212 Å². The highest BCUT2D eigenvalue weighted by Crippen LogP contribution is 2.42. The van der Waals surface area contributed by atoms with Crippen LogP contribution in [0.3, 0.4) is 0 Å². The first-order chi connectivity index (χ1) is 16.4. The fraction of sp³-hybridized carbons (Fsp3) is 0.577. The summed E-state index contributed by atoms with van der Waals surface area (Å²) in [5.74, 6) is 1.30. The summed E-state index contributed by atoms with van der Waals surface area (Å²) < 4.78 is 35.6. The SMILES string of the molecule is CCc1sc(C(=O)CCc2ccc(OCC(O)CNS(C)(=O)=O)cc2OC)c2c1CC(C)(C)CC2. The van der Waals surface area contributed by atoms with Gasteiger partial charge in [-0.15, -0.1) is 11.3 Å². The molecule has 1 aromatic carbocycles. The molecule has 9 heteroatoms. The minimum atomic E-state index is -3.38. The van der Waals surface area contributed by atoms with Crippen molar-refractivity contribution in [1.29, 1.82) is 0 Å². The number of fused-ring (bicyclic) bond motifs is 1. The summed E-state index contributed by atoms with van der Waals surface area (Å²) in [5.41, 5.74) is 3.88. The Hall–Kier alpha value is -1.94. The van der Waals surface area contributed by atoms with Crippen LogP contribution in [0.4, 0.5) is 0 Å². The molecule has 0 fully saturated rings. The van der Waals surface area contributed by atoms with Gasteiger partial charge < -0.3 is 14.6 Å². The molecular formula is C26H37NO6S2. The second-order valence-electron chi connectivity index (χ2n) is 9.99. The molecule has 1 atom stereocenters. The van der Waals surface area contributed by atoms with Crippen LogP contribution < -0.4 is 14.2 Å². The van der Waals surface area contributed by atoms with Gasteiger partial charge in [0.2, 0.25) is 10.0 Å². The van der Waals surface area contributed by atoms with Gasteiger partial charge in [-0.05, 0) is 60.3 Å². The number of thiophene rings is 1. The predicted molar refractivity (Wildman–Crippen MR) is 139 cm³/mol. The summed E-state index contributed by atoms with van der Waals surface area (Å²) in [7, 11) is -1.81. The Kier molecular flexibility index (Phi) is 9.01. The molecular weight excluding hydrogens is 486 g/mol. The van der Waals surface area contributed by atoms with Crippen LogP contribution in [-0.4, -0.2) is 51.9 Å². The molecule has 0 amide bonds. The van der Waals surface area contributed by atoms with E-state index in [0.717, 1.165) is 42.4 Å². The van der Waals surface area contributed by atoms with Gasteiger partial charge in [-0.25, -0.2) is 13.1 Å². The number of hydrogen-bond donors (Lipinski definition) is 2. The Morgan fingerprint density at radius 1 is 1.29 bits per heavy atom. The minimum absolute atomic E-state index is 0.0659. The second-order valence-corrected chi connectivity index (χ2v) is 12.9. The first-order valence-corrected chi connectivity index (χ1v) is 14.7. The van der Waals surface area contributed by atoms with Crippen LogP contribution in [0.5, 0.6) is 11.5 Å². The number of benzene rings is 1. The normalized spacial score (nSPS) is 15.9. The molecule has 2 N–H and O–H groups in total. The van der Waals surface area contributed by atoms with E-state index in [1.165, 1.54) is 16.0 Å². The van der Waals surface area contributed by atoms with Crippen LogP contribution >= 0.6 is 11.3 Å². The average Bonchev–Trinajstić information content (AvgIpc) is 3.16. The van der Waals surface area contributed by atoms with Gasteiger partial charge in [-0.2, -0.15) is 0 Å². The maximum absolute atomic E-state index is 13.2. The summed E-state index contributed by atoms with van der Waals surface area (Å²) in [4.78, 5) is 15.5. The fourth-order valence-corrected chi connectivity index (χ4v) is 6.21. The molecule has 3 rings (SSSR count). The summed E-state index contributed by atoms with van der Waals surface area (Å²) in [6, 6.07) is 5.36. The molecule has 0 spiro atoms. The molecule has 2 aromatic rings. The first kappa shape index (κ1) is 27.6. The Morgan fingerprint density at radius 3 is 2.69 bits per heavy atom. The lowest BCUT2D eigenvalue weighted by atomic mass is 9.74. The molecule has 0 saturated carbocycles. The summed E-state index contributed by atoms with van der Waals surface area (Å²) in [5, 5.41) is 9.92. The van der Waals surface area contributed by atoms with Crippen molar-refractivity contribution in [2.24, 2.45) is 5.41 Å². The van der Waals surface area contributed by atoms with Crippen LogP contribution in [0.25, 0.3) is 0 Å². The van der Waals surface area contributed by atoms with Gasteiger partial charge in [-0.3, -0.25) is 4.79 Å². The Morgan fingerprint density at radius 2 is 2.03 bits per heavy atom. The molecule has 35 heavy (non-hydrogen) atoms. The van der Waals surface area contributed by atoms with Crippen LogP contribution in [0, 0.1) is 5.41 Å². The lowest BCUT2D eigenvalue weighted by Crippen LogP contribution is -2.34. The van der Waals surface area contributed by atoms with E-state index in [2.05, 4.69) is 25.5 Å². The number of ether oxygens (including phenoxy) is 2. The number of aryl methyl sites for hydroxylation is 2. The van der Waals surface area contributed by atoms with Crippen molar-refractivity contribution < 1.29 is 27.8 Å². The number of carbonyl (C=O) groups is 1. The number of sulfonamides is 1. The number of aliphatic hydroxyl groups is 1. The minimum Gasteiger partial charge on any atom is -0.496 e. The standard InChI is InChI=1S/C26H37NO6S2/c1-6-24-21-14-26(2,3)12-11-20(21)25(34-24)22(29)10-8-17-7-9-19(13-23(17)32-4)33-16-18(28)15-27-35(5,30)31/h7,9,13,18,27-28H,6,8,10-12,14-16H2,1-5H3. The molecule has 7 nitrogen and oxygen atoms in total. The third-order valence-corrected chi connectivity index (χ3v) is 8.54. The van der Waals surface area contributed by atoms with Gasteiger partial charge in [0.15, 0.2) is 5.78 Å². The number of nitrogens with one attached hydrogen (secondary N) is 1. The van der Waals surface area contributed by atoms with Gasteiger partial charge >= 0.3 is 0 Å². The number of hydrogen-bond acceptors (Lipinski definition) is 7. The van der Waals surface area contributed by atoms with Crippen LogP contribution in [-0.2, 0) is 35.7 Å². The zero-order valence-electron chi connectivity index (χ0n) is 21.3. The highest BCUT2D eigenvalue weighted by atomic mass is 32.2. The summed E-state index contributed by atoms with van der Waals surface area (Å²) in [6.07, 6.45) is 5.10. The molecule has 0 aliphatic heterocycles. The van der Waals surface area contributed by atoms with E-state index < -0.39 is 16.1 Å². The number of rotatable bonds is 12. The first-order valence-electron chi connectivity index (χ1n) is 12.0. The largest absolute Gasteiger partial charge is 0.496 e. The van der Waals surface area contributed by atoms with Crippen molar-refractivity contribution in [1.82, 2.24) is 4.72 Å². The van der Waals surface area contributed by atoms with Crippen LogP contribution in [0.1, 0.15) is 64.9 Å². The van der Waals surface area contributed by atoms with E-state index >= 15 is 0 Å². The monoisotopic (exact) mass is 523 g/mol. The van der Waals surface area contributed by atoms with Crippen LogP contribution in [0.2, 0.25) is 0 Å².